The van der Waals surface area contributed by atoms with Gasteiger partial charge in [0.05, 0.1) is 11.3 Å². The minimum absolute atomic E-state index is 0.254. The molecule has 106 valence electrons. The van der Waals surface area contributed by atoms with Gasteiger partial charge in [0.15, 0.2) is 0 Å². The molecule has 0 aliphatic rings. The summed E-state index contributed by atoms with van der Waals surface area (Å²) in [6.45, 7) is 2.16. The molecule has 2 aromatic heterocycles. The SMILES string of the molecule is CCCc1ccc(-c2cn3cc(C(=O)O)ccc3n2)cc1. The van der Waals surface area contributed by atoms with Gasteiger partial charge >= 0.3 is 5.97 Å². The van der Waals surface area contributed by atoms with Crippen LogP contribution in [0.3, 0.4) is 0 Å². The van der Waals surface area contributed by atoms with Crippen LogP contribution in [-0.2, 0) is 6.42 Å². The standard InChI is InChI=1S/C17H16N2O2/c1-2-3-12-4-6-13(7-5-12)15-11-19-10-14(17(20)21)8-9-16(19)18-15/h4-11H,2-3H2,1H3,(H,20,21). The van der Waals surface area contributed by atoms with Crippen LogP contribution in [-0.4, -0.2) is 20.5 Å². The van der Waals surface area contributed by atoms with Crippen molar-refractivity contribution < 1.29 is 9.90 Å². The van der Waals surface area contributed by atoms with Gasteiger partial charge in [-0.2, -0.15) is 0 Å². The van der Waals surface area contributed by atoms with Gasteiger partial charge in [0.1, 0.15) is 5.65 Å². The second-order valence-corrected chi connectivity index (χ2v) is 5.06. The summed E-state index contributed by atoms with van der Waals surface area (Å²) >= 11 is 0. The number of rotatable bonds is 4. The Balaban J connectivity index is 1.98. The number of fused-ring (bicyclic) bond motifs is 1. The third-order valence-electron chi connectivity index (χ3n) is 3.49. The first kappa shape index (κ1) is 13.4. The monoisotopic (exact) mass is 280 g/mol. The maximum Gasteiger partial charge on any atom is 0.337 e. The van der Waals surface area contributed by atoms with Crippen LogP contribution in [0, 0.1) is 0 Å². The summed E-state index contributed by atoms with van der Waals surface area (Å²) in [6, 6.07) is 11.6. The van der Waals surface area contributed by atoms with Gasteiger partial charge in [-0.15, -0.1) is 0 Å². The van der Waals surface area contributed by atoms with Crippen molar-refractivity contribution in [3.05, 3.63) is 59.9 Å². The molecular weight excluding hydrogens is 264 g/mol. The number of carboxylic acids is 1. The third kappa shape index (κ3) is 2.65. The van der Waals surface area contributed by atoms with Gasteiger partial charge in [0, 0.05) is 18.0 Å². The quantitative estimate of drug-likeness (QED) is 0.793. The summed E-state index contributed by atoms with van der Waals surface area (Å²) in [5, 5.41) is 9.02. The van der Waals surface area contributed by atoms with Crippen molar-refractivity contribution in [1.82, 2.24) is 9.38 Å². The smallest absolute Gasteiger partial charge is 0.337 e. The van der Waals surface area contributed by atoms with E-state index in [-0.39, 0.29) is 5.56 Å². The molecule has 3 aromatic rings. The lowest BCUT2D eigenvalue weighted by Gasteiger charge is -2.00. The lowest BCUT2D eigenvalue weighted by atomic mass is 10.1. The van der Waals surface area contributed by atoms with Crippen LogP contribution in [0.25, 0.3) is 16.9 Å². The Kier molecular flexibility index (Phi) is 3.44. The zero-order valence-corrected chi connectivity index (χ0v) is 11.8. The van der Waals surface area contributed by atoms with Gasteiger partial charge in [-0.1, -0.05) is 37.6 Å². The van der Waals surface area contributed by atoms with E-state index in [1.165, 1.54) is 5.56 Å². The van der Waals surface area contributed by atoms with Crippen LogP contribution in [0.1, 0.15) is 29.3 Å². The Hall–Kier alpha value is -2.62. The molecule has 0 saturated heterocycles. The number of imidazole rings is 1. The molecule has 1 aromatic carbocycles. The molecule has 0 spiro atoms. The highest BCUT2D eigenvalue weighted by Crippen LogP contribution is 2.20. The molecule has 1 N–H and O–H groups in total. The first-order chi connectivity index (χ1) is 10.2. The van der Waals surface area contributed by atoms with Gasteiger partial charge in [0.25, 0.3) is 0 Å². The minimum atomic E-state index is -0.934. The average Bonchev–Trinajstić information content (AvgIpc) is 2.91. The van der Waals surface area contributed by atoms with Gasteiger partial charge in [-0.05, 0) is 24.1 Å². The molecule has 2 heterocycles. The minimum Gasteiger partial charge on any atom is -0.478 e. The fraction of sp³-hybridized carbons (Fsp3) is 0.176. The average molecular weight is 280 g/mol. The normalized spacial score (nSPS) is 10.9. The van der Waals surface area contributed by atoms with Gasteiger partial charge in [0.2, 0.25) is 0 Å². The van der Waals surface area contributed by atoms with E-state index in [4.69, 9.17) is 5.11 Å². The molecule has 0 amide bonds. The summed E-state index contributed by atoms with van der Waals surface area (Å²) in [7, 11) is 0. The number of benzene rings is 1. The van der Waals surface area contributed by atoms with Gasteiger partial charge < -0.3 is 9.51 Å². The fourth-order valence-corrected chi connectivity index (χ4v) is 2.39. The number of hydrogen-bond donors (Lipinski definition) is 1. The highest BCUT2D eigenvalue weighted by atomic mass is 16.4. The lowest BCUT2D eigenvalue weighted by molar-refractivity contribution is 0.0696. The zero-order chi connectivity index (χ0) is 14.8. The molecule has 0 aliphatic carbocycles. The van der Waals surface area contributed by atoms with E-state index in [9.17, 15) is 4.79 Å². The molecule has 0 atom stereocenters. The summed E-state index contributed by atoms with van der Waals surface area (Å²) in [6.07, 6.45) is 5.65. The summed E-state index contributed by atoms with van der Waals surface area (Å²) in [5.74, 6) is -0.934. The highest BCUT2D eigenvalue weighted by Gasteiger charge is 2.07. The van der Waals surface area contributed by atoms with E-state index < -0.39 is 5.97 Å². The fourth-order valence-electron chi connectivity index (χ4n) is 2.39. The molecule has 0 unspecified atom stereocenters. The molecule has 0 radical (unpaired) electrons. The van der Waals surface area contributed by atoms with Crippen LogP contribution in [0.2, 0.25) is 0 Å². The first-order valence-corrected chi connectivity index (χ1v) is 6.99. The van der Waals surface area contributed by atoms with Crippen molar-refractivity contribution in [3.63, 3.8) is 0 Å². The van der Waals surface area contributed by atoms with Crippen LogP contribution in [0.5, 0.6) is 0 Å². The number of carboxylic acid groups (broad SMARTS) is 1. The van der Waals surface area contributed by atoms with E-state index in [2.05, 4.69) is 36.2 Å². The van der Waals surface area contributed by atoms with Gasteiger partial charge in [-0.3, -0.25) is 0 Å². The molecule has 4 nitrogen and oxygen atoms in total. The van der Waals surface area contributed by atoms with E-state index in [1.54, 1.807) is 22.7 Å². The first-order valence-electron chi connectivity index (χ1n) is 6.99. The molecule has 0 aliphatic heterocycles. The second kappa shape index (κ2) is 5.40. The molecular formula is C17H16N2O2. The second-order valence-electron chi connectivity index (χ2n) is 5.06. The number of nitrogens with zero attached hydrogens (tertiary/aromatic N) is 2. The maximum absolute atomic E-state index is 11.0. The van der Waals surface area contributed by atoms with E-state index in [1.807, 2.05) is 6.20 Å². The van der Waals surface area contributed by atoms with Crippen LogP contribution >= 0.6 is 0 Å². The molecule has 0 saturated carbocycles. The molecule has 4 heteroatoms. The number of aromatic nitrogens is 2. The van der Waals surface area contributed by atoms with Crippen LogP contribution in [0.4, 0.5) is 0 Å². The molecule has 0 bridgehead atoms. The Morgan fingerprint density at radius 2 is 1.90 bits per heavy atom. The summed E-state index contributed by atoms with van der Waals surface area (Å²) in [5.41, 5.74) is 4.20. The Labute approximate surface area is 122 Å². The van der Waals surface area contributed by atoms with Crippen molar-refractivity contribution in [1.29, 1.82) is 0 Å². The number of carbonyl (C=O) groups is 1. The van der Waals surface area contributed by atoms with Crippen molar-refractivity contribution in [2.75, 3.05) is 0 Å². The van der Waals surface area contributed by atoms with E-state index in [0.717, 1.165) is 29.7 Å². The van der Waals surface area contributed by atoms with E-state index in [0.29, 0.717) is 0 Å². The lowest BCUT2D eigenvalue weighted by Crippen LogP contribution is -1.97. The number of hydrogen-bond acceptors (Lipinski definition) is 2. The molecule has 3 rings (SSSR count). The highest BCUT2D eigenvalue weighted by molar-refractivity contribution is 5.87. The number of pyridine rings is 1. The van der Waals surface area contributed by atoms with Gasteiger partial charge in [-0.25, -0.2) is 9.78 Å². The number of aryl methyl sites for hydroxylation is 1. The Morgan fingerprint density at radius 1 is 1.14 bits per heavy atom. The van der Waals surface area contributed by atoms with Crippen molar-refractivity contribution in [2.24, 2.45) is 0 Å². The Morgan fingerprint density at radius 3 is 2.57 bits per heavy atom. The summed E-state index contributed by atoms with van der Waals surface area (Å²) < 4.78 is 1.75. The number of aromatic carboxylic acids is 1. The van der Waals surface area contributed by atoms with Crippen molar-refractivity contribution in [2.45, 2.75) is 19.8 Å². The summed E-state index contributed by atoms with van der Waals surface area (Å²) in [4.78, 5) is 15.5. The van der Waals surface area contributed by atoms with E-state index >= 15 is 0 Å². The topological polar surface area (TPSA) is 54.6 Å². The Bertz CT molecular complexity index is 788. The molecule has 21 heavy (non-hydrogen) atoms. The van der Waals surface area contributed by atoms with Crippen LogP contribution < -0.4 is 0 Å². The largest absolute Gasteiger partial charge is 0.478 e. The molecule has 0 fully saturated rings. The predicted octanol–water partition coefficient (Wildman–Crippen LogP) is 3.65. The van der Waals surface area contributed by atoms with Crippen molar-refractivity contribution in [3.8, 4) is 11.3 Å². The predicted molar refractivity (Wildman–Crippen MR) is 81.6 cm³/mol. The third-order valence-corrected chi connectivity index (χ3v) is 3.49. The zero-order valence-electron chi connectivity index (χ0n) is 11.8. The maximum atomic E-state index is 11.0. The van der Waals surface area contributed by atoms with Crippen molar-refractivity contribution >= 4 is 11.6 Å². The van der Waals surface area contributed by atoms with Crippen LogP contribution in [0.15, 0.2) is 48.8 Å².